The summed E-state index contributed by atoms with van der Waals surface area (Å²) in [6.07, 6.45) is 3.05. The summed E-state index contributed by atoms with van der Waals surface area (Å²) in [5.41, 5.74) is 12.1. The van der Waals surface area contributed by atoms with Gasteiger partial charge in [0.15, 0.2) is 0 Å². The number of fused-ring (bicyclic) bond motifs is 1. The van der Waals surface area contributed by atoms with Crippen LogP contribution in [0.2, 0.25) is 0 Å². The maximum absolute atomic E-state index is 11.3. The molecule has 3 rings (SSSR count). The van der Waals surface area contributed by atoms with Gasteiger partial charge in [0.1, 0.15) is 5.75 Å². The third-order valence-corrected chi connectivity index (χ3v) is 3.00. The number of hydrogen-bond acceptors (Lipinski definition) is 5. The first-order valence-corrected chi connectivity index (χ1v) is 6.22. The fourth-order valence-corrected chi connectivity index (χ4v) is 1.99. The van der Waals surface area contributed by atoms with Crippen molar-refractivity contribution in [3.05, 3.63) is 54.4 Å². The summed E-state index contributed by atoms with van der Waals surface area (Å²) >= 11 is 0. The Morgan fingerprint density at radius 3 is 2.81 bits per heavy atom. The molecule has 1 amide bonds. The van der Waals surface area contributed by atoms with Gasteiger partial charge in [-0.25, -0.2) is 4.98 Å². The van der Waals surface area contributed by atoms with Gasteiger partial charge in [0.25, 0.3) is 5.91 Å². The Balaban J connectivity index is 2.03. The summed E-state index contributed by atoms with van der Waals surface area (Å²) in [6.45, 7) is 0. The number of ether oxygens (including phenoxy) is 1. The number of primary amides is 1. The van der Waals surface area contributed by atoms with Crippen LogP contribution in [-0.2, 0) is 0 Å². The van der Waals surface area contributed by atoms with E-state index in [0.29, 0.717) is 5.75 Å². The van der Waals surface area contributed by atoms with Crippen molar-refractivity contribution in [2.75, 3.05) is 5.73 Å². The number of aromatic nitrogens is 2. The predicted molar refractivity (Wildman–Crippen MR) is 79.0 cm³/mol. The van der Waals surface area contributed by atoms with E-state index in [-0.39, 0.29) is 17.1 Å². The molecule has 0 bridgehead atoms. The molecule has 0 fully saturated rings. The number of benzene rings is 1. The highest BCUT2D eigenvalue weighted by Crippen LogP contribution is 2.28. The number of nitrogens with zero attached hydrogens (tertiary/aromatic N) is 2. The lowest BCUT2D eigenvalue weighted by atomic mass is 10.2. The lowest BCUT2D eigenvalue weighted by Gasteiger charge is -2.09. The molecule has 21 heavy (non-hydrogen) atoms. The average Bonchev–Trinajstić information content (AvgIpc) is 2.49. The Morgan fingerprint density at radius 1 is 1.14 bits per heavy atom. The highest BCUT2D eigenvalue weighted by molar-refractivity contribution is 5.98. The van der Waals surface area contributed by atoms with E-state index in [0.717, 1.165) is 10.9 Å². The van der Waals surface area contributed by atoms with E-state index < -0.39 is 5.91 Å². The number of nitrogens with two attached hydrogens (primary N) is 2. The molecule has 2 aromatic heterocycles. The number of pyridine rings is 2. The van der Waals surface area contributed by atoms with Crippen molar-refractivity contribution < 1.29 is 9.53 Å². The molecule has 3 aromatic rings. The molecule has 0 aliphatic heterocycles. The molecule has 0 aliphatic rings. The highest BCUT2D eigenvalue weighted by Gasteiger charge is 2.10. The van der Waals surface area contributed by atoms with Crippen LogP contribution in [0.4, 0.5) is 5.69 Å². The summed E-state index contributed by atoms with van der Waals surface area (Å²) in [7, 11) is 0. The van der Waals surface area contributed by atoms with Gasteiger partial charge in [0, 0.05) is 17.6 Å². The number of nitrogen functional groups attached to an aromatic ring is 1. The van der Waals surface area contributed by atoms with E-state index in [4.69, 9.17) is 16.2 Å². The van der Waals surface area contributed by atoms with E-state index in [1.54, 1.807) is 12.3 Å². The Hall–Kier alpha value is -3.15. The smallest absolute Gasteiger partial charge is 0.251 e. The Kier molecular flexibility index (Phi) is 3.12. The normalized spacial score (nSPS) is 10.5. The van der Waals surface area contributed by atoms with Crippen LogP contribution in [-0.4, -0.2) is 15.9 Å². The first-order valence-electron chi connectivity index (χ1n) is 6.22. The topological polar surface area (TPSA) is 104 Å². The predicted octanol–water partition coefficient (Wildman–Crippen LogP) is 2.10. The minimum atomic E-state index is -0.626. The summed E-state index contributed by atoms with van der Waals surface area (Å²) < 4.78 is 5.72. The zero-order valence-corrected chi connectivity index (χ0v) is 11.0. The Morgan fingerprint density at radius 2 is 2.00 bits per heavy atom. The molecule has 0 saturated carbocycles. The van der Waals surface area contributed by atoms with Crippen molar-refractivity contribution >= 4 is 22.5 Å². The second-order valence-corrected chi connectivity index (χ2v) is 4.40. The standard InChI is InChI=1S/C15H12N4O2/c16-11-8-19-14(7-10(11)15(17)20)21-13-5-1-4-12-9(13)3-2-6-18-12/h1-8H,16H2,(H2,17,20). The van der Waals surface area contributed by atoms with Crippen LogP contribution < -0.4 is 16.2 Å². The van der Waals surface area contributed by atoms with Gasteiger partial charge in [0.2, 0.25) is 5.88 Å². The Bertz CT molecular complexity index is 828. The molecule has 0 spiro atoms. The van der Waals surface area contributed by atoms with Crippen LogP contribution in [0.15, 0.2) is 48.8 Å². The van der Waals surface area contributed by atoms with E-state index in [2.05, 4.69) is 9.97 Å². The third-order valence-electron chi connectivity index (χ3n) is 3.00. The zero-order valence-electron chi connectivity index (χ0n) is 11.0. The van der Waals surface area contributed by atoms with Gasteiger partial charge in [-0.3, -0.25) is 9.78 Å². The molecular weight excluding hydrogens is 268 g/mol. The monoisotopic (exact) mass is 280 g/mol. The van der Waals surface area contributed by atoms with E-state index in [1.807, 2.05) is 24.3 Å². The quantitative estimate of drug-likeness (QED) is 0.764. The number of rotatable bonds is 3. The second-order valence-electron chi connectivity index (χ2n) is 4.40. The second kappa shape index (κ2) is 5.09. The summed E-state index contributed by atoms with van der Waals surface area (Å²) in [5.74, 6) is 0.210. The maximum Gasteiger partial charge on any atom is 0.251 e. The van der Waals surface area contributed by atoms with Crippen molar-refractivity contribution in [1.82, 2.24) is 9.97 Å². The number of anilines is 1. The molecule has 104 valence electrons. The SMILES string of the molecule is NC(=O)c1cc(Oc2cccc3ncccc23)ncc1N. The number of carbonyl (C=O) groups is 1. The van der Waals surface area contributed by atoms with Gasteiger partial charge in [-0.15, -0.1) is 0 Å². The molecule has 0 radical (unpaired) electrons. The largest absolute Gasteiger partial charge is 0.438 e. The fraction of sp³-hybridized carbons (Fsp3) is 0. The minimum Gasteiger partial charge on any atom is -0.438 e. The van der Waals surface area contributed by atoms with Crippen molar-refractivity contribution in [1.29, 1.82) is 0 Å². The molecule has 6 heteroatoms. The van der Waals surface area contributed by atoms with Crippen LogP contribution in [0.25, 0.3) is 10.9 Å². The third kappa shape index (κ3) is 2.46. The van der Waals surface area contributed by atoms with E-state index in [1.165, 1.54) is 12.3 Å². The molecule has 0 atom stereocenters. The van der Waals surface area contributed by atoms with E-state index >= 15 is 0 Å². The van der Waals surface area contributed by atoms with E-state index in [9.17, 15) is 4.79 Å². The molecule has 4 N–H and O–H groups in total. The first-order chi connectivity index (χ1) is 10.1. The lowest BCUT2D eigenvalue weighted by Crippen LogP contribution is -2.13. The fourth-order valence-electron chi connectivity index (χ4n) is 1.99. The van der Waals surface area contributed by atoms with Crippen LogP contribution in [0.3, 0.4) is 0 Å². The first kappa shape index (κ1) is 12.9. The van der Waals surface area contributed by atoms with Crippen LogP contribution in [0, 0.1) is 0 Å². The van der Waals surface area contributed by atoms with Crippen molar-refractivity contribution in [2.45, 2.75) is 0 Å². The van der Waals surface area contributed by atoms with Gasteiger partial charge in [-0.2, -0.15) is 0 Å². The number of hydrogen-bond donors (Lipinski definition) is 2. The van der Waals surface area contributed by atoms with Gasteiger partial charge in [-0.05, 0) is 24.3 Å². The zero-order chi connectivity index (χ0) is 14.8. The van der Waals surface area contributed by atoms with Gasteiger partial charge in [0.05, 0.1) is 23.0 Å². The van der Waals surface area contributed by atoms with Gasteiger partial charge < -0.3 is 16.2 Å². The van der Waals surface area contributed by atoms with Crippen LogP contribution in [0.5, 0.6) is 11.6 Å². The van der Waals surface area contributed by atoms with Crippen molar-refractivity contribution in [3.63, 3.8) is 0 Å². The number of amides is 1. The Labute approximate surface area is 120 Å². The van der Waals surface area contributed by atoms with Gasteiger partial charge >= 0.3 is 0 Å². The van der Waals surface area contributed by atoms with Crippen molar-refractivity contribution in [3.8, 4) is 11.6 Å². The molecule has 0 aliphatic carbocycles. The molecule has 0 saturated heterocycles. The molecule has 6 nitrogen and oxygen atoms in total. The van der Waals surface area contributed by atoms with Crippen LogP contribution in [0.1, 0.15) is 10.4 Å². The molecular formula is C15H12N4O2. The average molecular weight is 280 g/mol. The summed E-state index contributed by atoms with van der Waals surface area (Å²) in [5, 5.41) is 0.847. The minimum absolute atomic E-state index is 0.179. The van der Waals surface area contributed by atoms with Crippen molar-refractivity contribution in [2.24, 2.45) is 5.73 Å². The molecule has 2 heterocycles. The molecule has 1 aromatic carbocycles. The maximum atomic E-state index is 11.3. The number of carbonyl (C=O) groups excluding carboxylic acids is 1. The summed E-state index contributed by atoms with van der Waals surface area (Å²) in [4.78, 5) is 19.6. The summed E-state index contributed by atoms with van der Waals surface area (Å²) in [6, 6.07) is 10.6. The molecule has 0 unspecified atom stereocenters. The highest BCUT2D eigenvalue weighted by atomic mass is 16.5. The lowest BCUT2D eigenvalue weighted by molar-refractivity contribution is 0.100. The van der Waals surface area contributed by atoms with Gasteiger partial charge in [-0.1, -0.05) is 6.07 Å². The van der Waals surface area contributed by atoms with Crippen LogP contribution >= 0.6 is 0 Å².